The van der Waals surface area contributed by atoms with Crippen molar-refractivity contribution in [3.8, 4) is 0 Å². The molecule has 2 heterocycles. The first-order valence-corrected chi connectivity index (χ1v) is 7.39. The summed E-state index contributed by atoms with van der Waals surface area (Å²) in [4.78, 5) is 14.2. The van der Waals surface area contributed by atoms with Crippen LogP contribution in [0.25, 0.3) is 11.0 Å². The van der Waals surface area contributed by atoms with Crippen LogP contribution in [-0.4, -0.2) is 46.8 Å². The van der Waals surface area contributed by atoms with E-state index in [9.17, 15) is 4.79 Å². The van der Waals surface area contributed by atoms with E-state index in [2.05, 4.69) is 7.96 Å². The van der Waals surface area contributed by atoms with Gasteiger partial charge in [-0.3, -0.25) is 0 Å². The molecule has 1 aliphatic rings. The van der Waals surface area contributed by atoms with E-state index in [1.165, 1.54) is 6.42 Å². The first kappa shape index (κ1) is 10.9. The number of aromatic nitrogens is 2. The van der Waals surface area contributed by atoms with Crippen LogP contribution in [-0.2, 0) is 0 Å². The van der Waals surface area contributed by atoms with Gasteiger partial charge in [-0.1, -0.05) is 0 Å². The van der Waals surface area contributed by atoms with Gasteiger partial charge in [0.05, 0.1) is 0 Å². The molecule has 0 N–H and O–H groups in total. The fourth-order valence-electron chi connectivity index (χ4n) is 2.19. The van der Waals surface area contributed by atoms with Crippen LogP contribution >= 0.6 is 0 Å². The van der Waals surface area contributed by atoms with Gasteiger partial charge in [-0.05, 0) is 0 Å². The van der Waals surface area contributed by atoms with Crippen LogP contribution in [0.2, 0.25) is 0 Å². The maximum atomic E-state index is 12.3. The molecule has 0 atom stereocenters. The molecule has 17 heavy (non-hydrogen) atoms. The SMILES string of the molecule is O=C(c1ccc2n[se]nc2c1)N1CCCCC1. The Morgan fingerprint density at radius 3 is 2.71 bits per heavy atom. The number of nitrogens with zero attached hydrogens (tertiary/aromatic N) is 3. The molecule has 0 aliphatic carbocycles. The van der Waals surface area contributed by atoms with Crippen molar-refractivity contribution in [3.05, 3.63) is 23.8 Å². The quantitative estimate of drug-likeness (QED) is 0.745. The summed E-state index contributed by atoms with van der Waals surface area (Å²) in [6.45, 7) is 1.78. The normalized spacial score (nSPS) is 16.4. The molecular formula is C12H13N3OSe. The number of amides is 1. The first-order chi connectivity index (χ1) is 8.34. The van der Waals surface area contributed by atoms with Crippen molar-refractivity contribution in [1.82, 2.24) is 12.9 Å². The zero-order chi connectivity index (χ0) is 11.7. The summed E-state index contributed by atoms with van der Waals surface area (Å²) in [5, 5.41) is 0. The van der Waals surface area contributed by atoms with E-state index in [0.29, 0.717) is 0 Å². The average molecular weight is 294 g/mol. The number of carbonyl (C=O) groups excluding carboxylic acids is 1. The van der Waals surface area contributed by atoms with Crippen molar-refractivity contribution in [3.63, 3.8) is 0 Å². The molecule has 1 amide bonds. The van der Waals surface area contributed by atoms with Crippen molar-refractivity contribution in [2.24, 2.45) is 0 Å². The summed E-state index contributed by atoms with van der Waals surface area (Å²) in [5.74, 6) is 0.141. The van der Waals surface area contributed by atoms with Gasteiger partial charge in [-0.15, -0.1) is 0 Å². The summed E-state index contributed by atoms with van der Waals surface area (Å²) >= 11 is -0.0187. The number of rotatable bonds is 1. The Balaban J connectivity index is 1.88. The van der Waals surface area contributed by atoms with E-state index in [4.69, 9.17) is 0 Å². The maximum absolute atomic E-state index is 12.3. The molecule has 0 radical (unpaired) electrons. The summed E-state index contributed by atoms with van der Waals surface area (Å²) < 4.78 is 8.60. The monoisotopic (exact) mass is 295 g/mol. The van der Waals surface area contributed by atoms with Crippen LogP contribution < -0.4 is 0 Å². The number of benzene rings is 1. The van der Waals surface area contributed by atoms with Crippen LogP contribution in [0.3, 0.4) is 0 Å². The van der Waals surface area contributed by atoms with Crippen LogP contribution in [0.5, 0.6) is 0 Å². The topological polar surface area (TPSA) is 46.1 Å². The van der Waals surface area contributed by atoms with Crippen LogP contribution in [0.4, 0.5) is 0 Å². The van der Waals surface area contributed by atoms with Crippen LogP contribution in [0, 0.1) is 0 Å². The fourth-order valence-corrected chi connectivity index (χ4v) is 3.28. The van der Waals surface area contributed by atoms with Crippen LogP contribution in [0.15, 0.2) is 18.2 Å². The number of piperidine rings is 1. The Morgan fingerprint density at radius 1 is 1.12 bits per heavy atom. The minimum atomic E-state index is -0.0187. The van der Waals surface area contributed by atoms with Gasteiger partial charge in [0.15, 0.2) is 0 Å². The molecule has 4 nitrogen and oxygen atoms in total. The predicted octanol–water partition coefficient (Wildman–Crippen LogP) is 1.31. The summed E-state index contributed by atoms with van der Waals surface area (Å²) in [7, 11) is 0. The van der Waals surface area contributed by atoms with Gasteiger partial charge >= 0.3 is 106 Å². The van der Waals surface area contributed by atoms with Gasteiger partial charge in [-0.2, -0.15) is 0 Å². The molecule has 1 aromatic carbocycles. The second-order valence-electron chi connectivity index (χ2n) is 4.32. The molecule has 1 fully saturated rings. The third-order valence-electron chi connectivity index (χ3n) is 3.14. The average Bonchev–Trinajstić information content (AvgIpc) is 2.86. The summed E-state index contributed by atoms with van der Waals surface area (Å²) in [5.41, 5.74) is 2.57. The van der Waals surface area contributed by atoms with E-state index in [0.717, 1.165) is 42.5 Å². The Morgan fingerprint density at radius 2 is 1.88 bits per heavy atom. The molecule has 2 aromatic rings. The molecule has 3 rings (SSSR count). The molecular weight excluding hydrogens is 281 g/mol. The van der Waals surface area contributed by atoms with Gasteiger partial charge in [0.1, 0.15) is 0 Å². The van der Waals surface area contributed by atoms with Crippen molar-refractivity contribution < 1.29 is 4.79 Å². The Hall–Kier alpha value is -1.19. The summed E-state index contributed by atoms with van der Waals surface area (Å²) in [6.07, 6.45) is 3.49. The van der Waals surface area contributed by atoms with Crippen LogP contribution in [0.1, 0.15) is 29.6 Å². The number of likely N-dealkylation sites (tertiary alicyclic amines) is 1. The zero-order valence-electron chi connectivity index (χ0n) is 9.43. The molecule has 1 saturated heterocycles. The standard InChI is InChI=1S/C12H13N3OSe/c16-12(15-6-2-1-3-7-15)9-4-5-10-11(8-9)14-17-13-10/h4-5,8H,1-3,6-7H2. The van der Waals surface area contributed by atoms with E-state index in [1.54, 1.807) is 0 Å². The van der Waals surface area contributed by atoms with Crippen molar-refractivity contribution in [2.45, 2.75) is 19.3 Å². The van der Waals surface area contributed by atoms with Crippen molar-refractivity contribution in [1.29, 1.82) is 0 Å². The van der Waals surface area contributed by atoms with E-state index >= 15 is 0 Å². The second-order valence-corrected chi connectivity index (χ2v) is 5.43. The first-order valence-electron chi connectivity index (χ1n) is 5.86. The summed E-state index contributed by atoms with van der Waals surface area (Å²) in [6, 6.07) is 5.66. The second kappa shape index (κ2) is 4.59. The third kappa shape index (κ3) is 2.13. The number of carbonyl (C=O) groups is 1. The zero-order valence-corrected chi connectivity index (χ0v) is 11.1. The molecule has 1 aromatic heterocycles. The Bertz CT molecular complexity index is 545. The van der Waals surface area contributed by atoms with E-state index in [1.807, 2.05) is 23.1 Å². The van der Waals surface area contributed by atoms with Gasteiger partial charge < -0.3 is 0 Å². The molecule has 0 unspecified atom stereocenters. The molecule has 5 heteroatoms. The Kier molecular flexibility index (Phi) is 2.95. The van der Waals surface area contributed by atoms with Gasteiger partial charge in [0, 0.05) is 0 Å². The molecule has 0 bridgehead atoms. The van der Waals surface area contributed by atoms with E-state index in [-0.39, 0.29) is 20.9 Å². The number of hydrogen-bond acceptors (Lipinski definition) is 3. The predicted molar refractivity (Wildman–Crippen MR) is 66.2 cm³/mol. The fraction of sp³-hybridized carbons (Fsp3) is 0.417. The van der Waals surface area contributed by atoms with Gasteiger partial charge in [-0.25, -0.2) is 0 Å². The number of fused-ring (bicyclic) bond motifs is 1. The third-order valence-corrected chi connectivity index (χ3v) is 4.31. The van der Waals surface area contributed by atoms with E-state index < -0.39 is 0 Å². The molecule has 88 valence electrons. The van der Waals surface area contributed by atoms with Crippen molar-refractivity contribution >= 4 is 31.9 Å². The van der Waals surface area contributed by atoms with Crippen molar-refractivity contribution in [2.75, 3.05) is 13.1 Å². The minimum absolute atomic E-state index is 0.0187. The van der Waals surface area contributed by atoms with Gasteiger partial charge in [0.2, 0.25) is 0 Å². The molecule has 1 aliphatic heterocycles. The molecule has 0 spiro atoms. The number of hydrogen-bond donors (Lipinski definition) is 0. The Labute approximate surface area is 106 Å². The van der Waals surface area contributed by atoms with Gasteiger partial charge in [0.25, 0.3) is 0 Å². The molecule has 0 saturated carbocycles.